The first-order valence-corrected chi connectivity index (χ1v) is 6.94. The summed E-state index contributed by atoms with van der Waals surface area (Å²) in [6.45, 7) is 0. The first-order valence-electron chi connectivity index (χ1n) is 6.94. The normalized spacial score (nSPS) is 16.9. The topological polar surface area (TPSA) is 42.9 Å². The number of aromatic nitrogens is 2. The molecule has 3 rings (SSSR count). The first kappa shape index (κ1) is 14.7. The van der Waals surface area contributed by atoms with Crippen LogP contribution in [0, 0.1) is 0 Å². The van der Waals surface area contributed by atoms with Gasteiger partial charge in [-0.15, -0.1) is 0 Å². The van der Waals surface area contributed by atoms with Crippen molar-refractivity contribution in [2.24, 2.45) is 0 Å². The Bertz CT molecular complexity index is 694. The zero-order valence-corrected chi connectivity index (χ0v) is 11.6. The zero-order valence-electron chi connectivity index (χ0n) is 11.6. The van der Waals surface area contributed by atoms with Crippen molar-refractivity contribution in [3.8, 4) is 0 Å². The van der Waals surface area contributed by atoms with Crippen LogP contribution in [0.1, 0.15) is 41.1 Å². The smallest absolute Gasteiger partial charge is 0.291 e. The van der Waals surface area contributed by atoms with Gasteiger partial charge in [-0.3, -0.25) is 9.78 Å². The molecule has 0 bridgehead atoms. The van der Waals surface area contributed by atoms with Gasteiger partial charge in [0, 0.05) is 6.20 Å². The molecule has 2 heterocycles. The number of Topliss-reactive ketones (excluding diaryl/α,β-unsaturated/α-hetero) is 1. The third-order valence-corrected chi connectivity index (χ3v) is 4.07. The highest BCUT2D eigenvalue weighted by atomic mass is 19.4. The standard InChI is InChI=1S/C16H13F3N2O/c17-16(18,19)13-7-3-6-12(21-13)15(8-4-9-15)14(22)11-5-1-2-10-20-11/h1-3,5-7,10H,4,8-9H2. The Balaban J connectivity index is 2.03. The summed E-state index contributed by atoms with van der Waals surface area (Å²) >= 11 is 0. The molecular weight excluding hydrogens is 293 g/mol. The molecule has 2 aromatic heterocycles. The Hall–Kier alpha value is -2.24. The lowest BCUT2D eigenvalue weighted by Crippen LogP contribution is -2.43. The Morgan fingerprint density at radius 2 is 1.86 bits per heavy atom. The lowest BCUT2D eigenvalue weighted by atomic mass is 9.63. The Kier molecular flexibility index (Phi) is 3.47. The molecule has 0 spiro atoms. The summed E-state index contributed by atoms with van der Waals surface area (Å²) in [5.41, 5.74) is -1.49. The summed E-state index contributed by atoms with van der Waals surface area (Å²) in [6, 6.07) is 8.67. The molecular formula is C16H13F3N2O. The highest BCUT2D eigenvalue weighted by Crippen LogP contribution is 2.45. The number of alkyl halides is 3. The molecule has 1 saturated carbocycles. The van der Waals surface area contributed by atoms with E-state index in [0.717, 1.165) is 12.5 Å². The second-order valence-corrected chi connectivity index (χ2v) is 5.39. The second-order valence-electron chi connectivity index (χ2n) is 5.39. The molecule has 3 nitrogen and oxygen atoms in total. The Morgan fingerprint density at radius 3 is 2.41 bits per heavy atom. The molecule has 0 atom stereocenters. The summed E-state index contributed by atoms with van der Waals surface area (Å²) < 4.78 is 38.5. The van der Waals surface area contributed by atoms with Crippen LogP contribution in [-0.4, -0.2) is 15.8 Å². The fourth-order valence-corrected chi connectivity index (χ4v) is 2.73. The van der Waals surface area contributed by atoms with Gasteiger partial charge in [0.1, 0.15) is 11.4 Å². The summed E-state index contributed by atoms with van der Waals surface area (Å²) in [5, 5.41) is 0. The maximum absolute atomic E-state index is 12.8. The van der Waals surface area contributed by atoms with Crippen LogP contribution >= 0.6 is 0 Å². The largest absolute Gasteiger partial charge is 0.433 e. The molecule has 0 radical (unpaired) electrons. The van der Waals surface area contributed by atoms with Gasteiger partial charge in [0.05, 0.1) is 11.1 Å². The van der Waals surface area contributed by atoms with E-state index >= 15 is 0 Å². The van der Waals surface area contributed by atoms with E-state index in [2.05, 4.69) is 9.97 Å². The summed E-state index contributed by atoms with van der Waals surface area (Å²) in [4.78, 5) is 20.5. The van der Waals surface area contributed by atoms with E-state index in [-0.39, 0.29) is 17.2 Å². The highest BCUT2D eigenvalue weighted by Gasteiger charge is 2.48. The molecule has 6 heteroatoms. The van der Waals surface area contributed by atoms with Crippen molar-refractivity contribution in [1.29, 1.82) is 0 Å². The van der Waals surface area contributed by atoms with Gasteiger partial charge in [0.15, 0.2) is 5.78 Å². The van der Waals surface area contributed by atoms with Gasteiger partial charge in [0.2, 0.25) is 0 Å². The van der Waals surface area contributed by atoms with Gasteiger partial charge in [-0.25, -0.2) is 4.98 Å². The van der Waals surface area contributed by atoms with Crippen LogP contribution in [0.5, 0.6) is 0 Å². The second kappa shape index (κ2) is 5.19. The van der Waals surface area contributed by atoms with Gasteiger partial charge >= 0.3 is 6.18 Å². The number of rotatable bonds is 3. The monoisotopic (exact) mass is 306 g/mol. The van der Waals surface area contributed by atoms with Crippen LogP contribution in [-0.2, 0) is 11.6 Å². The van der Waals surface area contributed by atoms with Crippen molar-refractivity contribution in [2.45, 2.75) is 30.9 Å². The molecule has 22 heavy (non-hydrogen) atoms. The van der Waals surface area contributed by atoms with Crippen LogP contribution < -0.4 is 0 Å². The minimum absolute atomic E-state index is 0.184. The highest BCUT2D eigenvalue weighted by molar-refractivity contribution is 6.03. The van der Waals surface area contributed by atoms with Gasteiger partial charge < -0.3 is 0 Å². The number of nitrogens with zero attached hydrogens (tertiary/aromatic N) is 2. The number of pyridine rings is 2. The van der Waals surface area contributed by atoms with E-state index in [0.29, 0.717) is 12.8 Å². The average molecular weight is 306 g/mol. The lowest BCUT2D eigenvalue weighted by molar-refractivity contribution is -0.141. The molecule has 1 fully saturated rings. The van der Waals surface area contributed by atoms with Crippen LogP contribution in [0.15, 0.2) is 42.6 Å². The molecule has 114 valence electrons. The number of carbonyl (C=O) groups is 1. The summed E-state index contributed by atoms with van der Waals surface area (Å²) in [5.74, 6) is -0.258. The maximum Gasteiger partial charge on any atom is 0.433 e. The maximum atomic E-state index is 12.8. The molecule has 2 aromatic rings. The van der Waals surface area contributed by atoms with Crippen molar-refractivity contribution in [1.82, 2.24) is 9.97 Å². The van der Waals surface area contributed by atoms with Gasteiger partial charge in [-0.05, 0) is 37.1 Å². The number of carbonyl (C=O) groups excluding carboxylic acids is 1. The summed E-state index contributed by atoms with van der Waals surface area (Å²) in [7, 11) is 0. The van der Waals surface area contributed by atoms with E-state index < -0.39 is 17.3 Å². The lowest BCUT2D eigenvalue weighted by Gasteiger charge is -2.39. The van der Waals surface area contributed by atoms with Crippen molar-refractivity contribution in [3.63, 3.8) is 0 Å². The average Bonchev–Trinajstić information content (AvgIpc) is 2.46. The molecule has 0 aliphatic heterocycles. The van der Waals surface area contributed by atoms with Crippen molar-refractivity contribution >= 4 is 5.78 Å². The number of halogens is 3. The third-order valence-electron chi connectivity index (χ3n) is 4.07. The number of ketones is 1. The first-order chi connectivity index (χ1) is 10.4. The molecule has 1 aliphatic carbocycles. The van der Waals surface area contributed by atoms with Gasteiger partial charge in [-0.1, -0.05) is 18.6 Å². The molecule has 0 aromatic carbocycles. The van der Waals surface area contributed by atoms with Crippen LogP contribution in [0.4, 0.5) is 13.2 Å². The van der Waals surface area contributed by atoms with E-state index in [1.165, 1.54) is 18.3 Å². The SMILES string of the molecule is O=C(c1ccccn1)C1(c2cccc(C(F)(F)F)n2)CCC1. The molecule has 1 aliphatic rings. The van der Waals surface area contributed by atoms with E-state index in [9.17, 15) is 18.0 Å². The van der Waals surface area contributed by atoms with Crippen LogP contribution in [0.2, 0.25) is 0 Å². The van der Waals surface area contributed by atoms with Crippen LogP contribution in [0.25, 0.3) is 0 Å². The van der Waals surface area contributed by atoms with Gasteiger partial charge in [-0.2, -0.15) is 13.2 Å². The quantitative estimate of drug-likeness (QED) is 0.810. The predicted octanol–water partition coefficient (Wildman–Crippen LogP) is 3.80. The molecule has 0 unspecified atom stereocenters. The predicted molar refractivity (Wildman–Crippen MR) is 73.3 cm³/mol. The van der Waals surface area contributed by atoms with Crippen molar-refractivity contribution < 1.29 is 18.0 Å². The molecule has 0 saturated heterocycles. The van der Waals surface area contributed by atoms with Crippen LogP contribution in [0.3, 0.4) is 0 Å². The zero-order chi connectivity index (χ0) is 15.8. The van der Waals surface area contributed by atoms with Crippen molar-refractivity contribution in [3.05, 3.63) is 59.7 Å². The third kappa shape index (κ3) is 2.38. The van der Waals surface area contributed by atoms with E-state index in [1.807, 2.05) is 0 Å². The van der Waals surface area contributed by atoms with E-state index in [4.69, 9.17) is 0 Å². The van der Waals surface area contributed by atoms with Crippen molar-refractivity contribution in [2.75, 3.05) is 0 Å². The van der Waals surface area contributed by atoms with Gasteiger partial charge in [0.25, 0.3) is 0 Å². The van der Waals surface area contributed by atoms with E-state index in [1.54, 1.807) is 18.2 Å². The fourth-order valence-electron chi connectivity index (χ4n) is 2.73. The minimum Gasteiger partial charge on any atom is -0.291 e. The Morgan fingerprint density at radius 1 is 1.09 bits per heavy atom. The number of hydrogen-bond donors (Lipinski definition) is 0. The fraction of sp³-hybridized carbons (Fsp3) is 0.312. The number of hydrogen-bond acceptors (Lipinski definition) is 3. The molecule has 0 N–H and O–H groups in total. The summed E-state index contributed by atoms with van der Waals surface area (Å²) in [6.07, 6.45) is -1.24. The molecule has 0 amide bonds. The Labute approximate surface area is 125 Å². The minimum atomic E-state index is -4.52.